The molecule has 6 heterocycles. The zero-order valence-electron chi connectivity index (χ0n) is 41.2. The van der Waals surface area contributed by atoms with Gasteiger partial charge in [-0.1, -0.05) is 46.9 Å². The molecular weight excluding hydrogens is 1100 g/mol. The first-order chi connectivity index (χ1) is 38.7. The molecule has 3 saturated carbocycles. The van der Waals surface area contributed by atoms with Crippen LogP contribution >= 0.6 is 34.8 Å². The summed E-state index contributed by atoms with van der Waals surface area (Å²) in [6.07, 6.45) is 15.1. The van der Waals surface area contributed by atoms with E-state index in [4.69, 9.17) is 53.8 Å². The smallest absolute Gasteiger partial charge is 0.262 e. The Hall–Kier alpha value is -8.92. The molecular formula is C56H37Cl3F4N12O5. The number of nitrogens with two attached hydrogens (primary N) is 1. The standard InChI is InChI=1S/2C21H13ClF2N4O2.C14H11ClN4O/c2*22-12-7-15-17(30-21(27-15)10-4-5-10)6-11(12)16-8-26-18(9-25-16)28-20(29)19-13(23)2-1-3-14(19)24;15-9-4-10-12(20-14(19-10)7-1-2-7)3-8(9)11-5-18-13(16)6-17-11/h2*1-3,6-10H,4-5H2,(H,26,28,29);3-7H,1-2H2,(H2,16,18). The maximum atomic E-state index is 13.8. The number of anilines is 3. The highest BCUT2D eigenvalue weighted by Crippen LogP contribution is 2.44. The number of fused-ring (bicyclic) bond motifs is 3. The second kappa shape index (κ2) is 21.4. The lowest BCUT2D eigenvalue weighted by atomic mass is 10.1. The SMILES string of the molecule is Nc1cnc(-c2cc3oc(C4CC4)nc3cc2Cl)cn1.O=C(Nc1cnc(-c2cc3oc(C4CC4)nc3cc2Cl)cn1)c1c(F)cccc1F.O=C(Nc1cnc(-c2cc3oc(C4CC4)nc3cc2Cl)cn1)c1c(F)cccc1F. The van der Waals surface area contributed by atoms with E-state index in [1.165, 1.54) is 43.1 Å². The van der Waals surface area contributed by atoms with Crippen LogP contribution in [0, 0.1) is 23.3 Å². The van der Waals surface area contributed by atoms with Gasteiger partial charge in [-0.2, -0.15) is 0 Å². The van der Waals surface area contributed by atoms with Crippen molar-refractivity contribution in [1.82, 2.24) is 44.9 Å². The van der Waals surface area contributed by atoms with E-state index in [0.29, 0.717) is 101 Å². The van der Waals surface area contributed by atoms with E-state index in [0.717, 1.165) is 85.3 Å². The molecule has 17 nitrogen and oxygen atoms in total. The summed E-state index contributed by atoms with van der Waals surface area (Å²) in [5.41, 5.74) is 11.7. The highest BCUT2D eigenvalue weighted by molar-refractivity contribution is 6.35. The topological polar surface area (TPSA) is 240 Å². The molecule has 0 spiro atoms. The number of oxazole rings is 3. The molecule has 4 N–H and O–H groups in total. The summed E-state index contributed by atoms with van der Waals surface area (Å²) in [6, 6.07) is 16.9. The highest BCUT2D eigenvalue weighted by Gasteiger charge is 2.31. The van der Waals surface area contributed by atoms with Crippen molar-refractivity contribution in [2.24, 2.45) is 0 Å². The second-order valence-corrected chi connectivity index (χ2v) is 20.1. The van der Waals surface area contributed by atoms with Crippen LogP contribution in [0.25, 0.3) is 67.1 Å². The molecule has 0 radical (unpaired) electrons. The third-order valence-corrected chi connectivity index (χ3v) is 13.9. The number of hydrogen-bond donors (Lipinski definition) is 3. The van der Waals surface area contributed by atoms with Gasteiger partial charge < -0.3 is 29.6 Å². The number of rotatable bonds is 10. The summed E-state index contributed by atoms with van der Waals surface area (Å²) in [5.74, 6) is -1.86. The zero-order chi connectivity index (χ0) is 55.3. The van der Waals surface area contributed by atoms with E-state index in [9.17, 15) is 27.2 Å². The number of carbonyl (C=O) groups excluding carboxylic acids is 2. The van der Waals surface area contributed by atoms with Crippen molar-refractivity contribution in [2.45, 2.75) is 56.3 Å². The molecule has 3 fully saturated rings. The number of benzene rings is 5. The molecule has 3 aliphatic rings. The van der Waals surface area contributed by atoms with Crippen molar-refractivity contribution in [3.8, 4) is 33.8 Å². The lowest BCUT2D eigenvalue weighted by Crippen LogP contribution is -2.16. The molecule has 5 aromatic carbocycles. The fraction of sp³-hybridized carbons (Fsp3) is 0.161. The average Bonchev–Trinajstić information content (AvgIpc) is 4.56. The van der Waals surface area contributed by atoms with E-state index < -0.39 is 46.2 Å². The number of nitrogens with zero attached hydrogens (tertiary/aromatic N) is 9. The fourth-order valence-electron chi connectivity index (χ4n) is 8.33. The number of halogens is 7. The quantitative estimate of drug-likeness (QED) is 0.108. The van der Waals surface area contributed by atoms with Crippen molar-refractivity contribution >= 4 is 97.4 Å². The summed E-state index contributed by atoms with van der Waals surface area (Å²) >= 11 is 19.1. The molecule has 6 aromatic heterocycles. The minimum Gasteiger partial charge on any atom is -0.440 e. The Labute approximate surface area is 464 Å². The molecule has 11 aromatic rings. The first-order valence-corrected chi connectivity index (χ1v) is 25.9. The molecule has 2 amide bonds. The van der Waals surface area contributed by atoms with Crippen LogP contribution in [0.1, 0.15) is 94.7 Å². The van der Waals surface area contributed by atoms with E-state index in [-0.39, 0.29) is 11.6 Å². The van der Waals surface area contributed by atoms with Crippen molar-refractivity contribution < 1.29 is 40.4 Å². The number of carbonyl (C=O) groups is 2. The second-order valence-electron chi connectivity index (χ2n) is 18.9. The molecule has 0 aliphatic heterocycles. The zero-order valence-corrected chi connectivity index (χ0v) is 43.4. The van der Waals surface area contributed by atoms with E-state index in [1.54, 1.807) is 36.5 Å². The van der Waals surface area contributed by atoms with Crippen molar-refractivity contribution in [1.29, 1.82) is 0 Å². The van der Waals surface area contributed by atoms with E-state index in [2.05, 4.69) is 55.5 Å². The van der Waals surface area contributed by atoms with Gasteiger partial charge in [0.15, 0.2) is 46.1 Å². The number of nitrogen functional groups attached to an aromatic ring is 1. The summed E-state index contributed by atoms with van der Waals surface area (Å²) in [7, 11) is 0. The summed E-state index contributed by atoms with van der Waals surface area (Å²) < 4.78 is 72.4. The van der Waals surface area contributed by atoms with Gasteiger partial charge in [0.25, 0.3) is 11.8 Å². The van der Waals surface area contributed by atoms with Crippen LogP contribution in [-0.2, 0) is 0 Å². The number of amides is 2. The normalized spacial score (nSPS) is 13.9. The van der Waals surface area contributed by atoms with Crippen LogP contribution in [0.3, 0.4) is 0 Å². The minimum absolute atomic E-state index is 0.0410. The Bertz CT molecular complexity index is 3970. The van der Waals surface area contributed by atoms with E-state index in [1.807, 2.05) is 6.07 Å². The molecule has 0 unspecified atom stereocenters. The predicted molar refractivity (Wildman–Crippen MR) is 289 cm³/mol. The molecule has 0 saturated heterocycles. The van der Waals surface area contributed by atoms with Gasteiger partial charge in [-0.15, -0.1) is 0 Å². The maximum Gasteiger partial charge on any atom is 0.262 e. The molecule has 400 valence electrons. The van der Waals surface area contributed by atoms with Crippen LogP contribution in [0.5, 0.6) is 0 Å². The van der Waals surface area contributed by atoms with Crippen molar-refractivity contribution in [2.75, 3.05) is 16.4 Å². The Morgan fingerprint density at radius 3 is 1.07 bits per heavy atom. The fourth-order valence-corrected chi connectivity index (χ4v) is 9.09. The molecule has 14 rings (SSSR count). The first-order valence-electron chi connectivity index (χ1n) is 24.7. The molecule has 0 bridgehead atoms. The molecule has 0 atom stereocenters. The van der Waals surface area contributed by atoms with Gasteiger partial charge in [-0.25, -0.2) is 47.5 Å². The predicted octanol–water partition coefficient (Wildman–Crippen LogP) is 14.1. The van der Waals surface area contributed by atoms with Crippen LogP contribution < -0.4 is 16.4 Å². The lowest BCUT2D eigenvalue weighted by molar-refractivity contribution is 0.101. The molecule has 3 aliphatic carbocycles. The summed E-state index contributed by atoms with van der Waals surface area (Å²) in [6.45, 7) is 0. The Morgan fingerprint density at radius 1 is 0.463 bits per heavy atom. The van der Waals surface area contributed by atoms with Crippen LogP contribution in [0.4, 0.5) is 35.0 Å². The third kappa shape index (κ3) is 11.1. The minimum atomic E-state index is -0.963. The molecule has 24 heteroatoms. The lowest BCUT2D eigenvalue weighted by Gasteiger charge is -2.07. The summed E-state index contributed by atoms with van der Waals surface area (Å²) in [5, 5.41) is 6.10. The summed E-state index contributed by atoms with van der Waals surface area (Å²) in [4.78, 5) is 62.7. The highest BCUT2D eigenvalue weighted by atomic mass is 35.5. The number of aromatic nitrogens is 9. The van der Waals surface area contributed by atoms with Crippen LogP contribution in [-0.4, -0.2) is 56.7 Å². The average molecular weight is 1140 g/mol. The first kappa shape index (κ1) is 51.8. The van der Waals surface area contributed by atoms with Crippen molar-refractivity contribution in [3.63, 3.8) is 0 Å². The van der Waals surface area contributed by atoms with Gasteiger partial charge in [0.05, 0.1) is 69.3 Å². The van der Waals surface area contributed by atoms with E-state index >= 15 is 0 Å². The largest absolute Gasteiger partial charge is 0.440 e. The van der Waals surface area contributed by atoms with Gasteiger partial charge in [0.2, 0.25) is 0 Å². The van der Waals surface area contributed by atoms with Gasteiger partial charge in [0, 0.05) is 34.4 Å². The number of hydrogen-bond acceptors (Lipinski definition) is 15. The maximum absolute atomic E-state index is 13.8. The third-order valence-electron chi connectivity index (χ3n) is 12.9. The van der Waals surface area contributed by atoms with Crippen LogP contribution in [0.15, 0.2) is 123 Å². The van der Waals surface area contributed by atoms with Crippen LogP contribution in [0.2, 0.25) is 15.1 Å². The van der Waals surface area contributed by atoms with Gasteiger partial charge in [-0.05, 0) is 99.2 Å². The van der Waals surface area contributed by atoms with Gasteiger partial charge >= 0.3 is 0 Å². The Kier molecular flexibility index (Phi) is 13.8. The van der Waals surface area contributed by atoms with Gasteiger partial charge in [-0.3, -0.25) is 24.5 Å². The number of nitrogens with one attached hydrogen (secondary N) is 2. The monoisotopic (exact) mass is 1140 g/mol. The Morgan fingerprint density at radius 2 is 0.787 bits per heavy atom. The Balaban J connectivity index is 0.000000122. The van der Waals surface area contributed by atoms with Crippen molar-refractivity contribution in [3.05, 3.63) is 177 Å². The molecule has 80 heavy (non-hydrogen) atoms. The van der Waals surface area contributed by atoms with Gasteiger partial charge in [0.1, 0.15) is 56.8 Å².